The average molecular weight is 189 g/mol. The molecule has 0 aromatic rings. The van der Waals surface area contributed by atoms with Crippen molar-refractivity contribution in [1.82, 2.24) is 5.32 Å². The Labute approximate surface area is 80.5 Å². The summed E-state index contributed by atoms with van der Waals surface area (Å²) in [6.45, 7) is 7.12. The molecule has 1 aliphatic heterocycles. The highest BCUT2D eigenvalue weighted by atomic mass is 32.1. The van der Waals surface area contributed by atoms with E-state index in [9.17, 15) is 0 Å². The zero-order valence-corrected chi connectivity index (χ0v) is 8.81. The summed E-state index contributed by atoms with van der Waals surface area (Å²) in [6, 6.07) is 0. The van der Waals surface area contributed by atoms with Gasteiger partial charge in [-0.15, -0.1) is 0 Å². The topological polar surface area (TPSA) is 21.3 Å². The van der Waals surface area contributed by atoms with Crippen LogP contribution in [0.5, 0.6) is 0 Å². The summed E-state index contributed by atoms with van der Waals surface area (Å²) < 4.78 is 5.57. The Morgan fingerprint density at radius 2 is 2.33 bits per heavy atom. The van der Waals surface area contributed by atoms with E-state index in [1.54, 1.807) is 0 Å². The van der Waals surface area contributed by atoms with Gasteiger partial charge >= 0.3 is 0 Å². The molecule has 1 rings (SSSR count). The van der Waals surface area contributed by atoms with Crippen LogP contribution in [-0.2, 0) is 4.74 Å². The van der Waals surface area contributed by atoms with E-state index < -0.39 is 0 Å². The maximum absolute atomic E-state index is 5.57. The average Bonchev–Trinajstić information content (AvgIpc) is 2.05. The lowest BCUT2D eigenvalue weighted by molar-refractivity contribution is 0.0305. The Morgan fingerprint density at radius 1 is 1.58 bits per heavy atom. The Kier molecular flexibility index (Phi) is 4.40. The van der Waals surface area contributed by atoms with E-state index in [-0.39, 0.29) is 0 Å². The van der Waals surface area contributed by atoms with E-state index >= 15 is 0 Å². The van der Waals surface area contributed by atoms with Gasteiger partial charge in [0.25, 0.3) is 0 Å². The van der Waals surface area contributed by atoms with Crippen LogP contribution >= 0.6 is 12.6 Å². The van der Waals surface area contributed by atoms with E-state index in [1.807, 2.05) is 6.92 Å². The Morgan fingerprint density at radius 3 is 2.92 bits per heavy atom. The van der Waals surface area contributed by atoms with Crippen LogP contribution in [0.15, 0.2) is 0 Å². The molecule has 3 unspecified atom stereocenters. The Balaban J connectivity index is 2.30. The van der Waals surface area contributed by atoms with Crippen molar-refractivity contribution in [3.63, 3.8) is 0 Å². The van der Waals surface area contributed by atoms with Crippen molar-refractivity contribution in [1.29, 1.82) is 0 Å². The van der Waals surface area contributed by atoms with Crippen molar-refractivity contribution >= 4 is 12.6 Å². The summed E-state index contributed by atoms with van der Waals surface area (Å²) in [7, 11) is 0. The second-order valence-corrected chi connectivity index (χ2v) is 4.29. The molecule has 0 aromatic carbocycles. The van der Waals surface area contributed by atoms with Gasteiger partial charge in [0.1, 0.15) is 0 Å². The minimum atomic E-state index is 0.406. The monoisotopic (exact) mass is 189 g/mol. The molecule has 2 nitrogen and oxygen atoms in total. The second-order valence-electron chi connectivity index (χ2n) is 3.47. The van der Waals surface area contributed by atoms with Crippen molar-refractivity contribution in [3.05, 3.63) is 0 Å². The molecule has 1 aliphatic rings. The first-order valence-corrected chi connectivity index (χ1v) is 5.26. The van der Waals surface area contributed by atoms with Crippen molar-refractivity contribution in [2.45, 2.75) is 31.6 Å². The fourth-order valence-corrected chi connectivity index (χ4v) is 1.89. The first-order chi connectivity index (χ1) is 5.74. The summed E-state index contributed by atoms with van der Waals surface area (Å²) >= 11 is 4.45. The van der Waals surface area contributed by atoms with E-state index in [2.05, 4.69) is 24.9 Å². The van der Waals surface area contributed by atoms with Gasteiger partial charge in [-0.1, -0.05) is 6.92 Å². The number of piperidine rings is 1. The molecule has 0 radical (unpaired) electrons. The quantitative estimate of drug-likeness (QED) is 0.653. The predicted molar refractivity (Wildman–Crippen MR) is 54.8 cm³/mol. The van der Waals surface area contributed by atoms with Crippen molar-refractivity contribution in [2.75, 3.05) is 19.7 Å². The number of ether oxygens (including phenoxy) is 1. The summed E-state index contributed by atoms with van der Waals surface area (Å²) in [4.78, 5) is 0. The molecule has 1 heterocycles. The van der Waals surface area contributed by atoms with Crippen LogP contribution in [0.2, 0.25) is 0 Å². The summed E-state index contributed by atoms with van der Waals surface area (Å²) in [5.41, 5.74) is 0. The van der Waals surface area contributed by atoms with E-state index in [1.165, 1.54) is 0 Å². The highest BCUT2D eigenvalue weighted by Crippen LogP contribution is 2.19. The van der Waals surface area contributed by atoms with Crippen LogP contribution in [0.1, 0.15) is 20.3 Å². The zero-order valence-electron chi connectivity index (χ0n) is 7.92. The molecule has 0 bridgehead atoms. The van der Waals surface area contributed by atoms with Gasteiger partial charge in [0.15, 0.2) is 0 Å². The maximum atomic E-state index is 5.57. The third kappa shape index (κ3) is 2.96. The lowest BCUT2D eigenvalue weighted by Crippen LogP contribution is -2.43. The fraction of sp³-hybridized carbons (Fsp3) is 1.00. The standard InChI is InChI=1S/C9H19NOS/c1-3-11-9-4-8(7(2)12)5-10-6-9/h7-10,12H,3-6H2,1-2H3. The minimum Gasteiger partial charge on any atom is -0.377 e. The number of hydrogen-bond donors (Lipinski definition) is 2. The molecule has 1 fully saturated rings. The number of thiol groups is 1. The third-order valence-electron chi connectivity index (χ3n) is 2.43. The smallest absolute Gasteiger partial charge is 0.0702 e. The van der Waals surface area contributed by atoms with Gasteiger partial charge < -0.3 is 10.1 Å². The Hall–Kier alpha value is 0.270. The number of nitrogens with one attached hydrogen (secondary N) is 1. The molecule has 3 atom stereocenters. The van der Waals surface area contributed by atoms with Gasteiger partial charge in [0, 0.05) is 18.4 Å². The van der Waals surface area contributed by atoms with Crippen LogP contribution in [0.4, 0.5) is 0 Å². The van der Waals surface area contributed by atoms with Crippen molar-refractivity contribution < 1.29 is 4.74 Å². The number of hydrogen-bond acceptors (Lipinski definition) is 3. The molecular weight excluding hydrogens is 170 g/mol. The van der Waals surface area contributed by atoms with Crippen LogP contribution in [0, 0.1) is 5.92 Å². The molecule has 0 spiro atoms. The molecule has 72 valence electrons. The van der Waals surface area contributed by atoms with Crippen molar-refractivity contribution in [3.8, 4) is 0 Å². The van der Waals surface area contributed by atoms with Crippen molar-refractivity contribution in [2.24, 2.45) is 5.92 Å². The van der Waals surface area contributed by atoms with E-state index in [0.29, 0.717) is 17.3 Å². The summed E-state index contributed by atoms with van der Waals surface area (Å²) in [5.74, 6) is 0.665. The van der Waals surface area contributed by atoms with Gasteiger partial charge in [-0.05, 0) is 25.8 Å². The van der Waals surface area contributed by atoms with Gasteiger partial charge in [0.2, 0.25) is 0 Å². The predicted octanol–water partition coefficient (Wildman–Crippen LogP) is 1.32. The molecular formula is C9H19NOS. The highest BCUT2D eigenvalue weighted by Gasteiger charge is 2.24. The maximum Gasteiger partial charge on any atom is 0.0702 e. The van der Waals surface area contributed by atoms with Gasteiger partial charge in [-0.3, -0.25) is 0 Å². The van der Waals surface area contributed by atoms with E-state index in [0.717, 1.165) is 26.1 Å². The molecule has 0 saturated carbocycles. The third-order valence-corrected chi connectivity index (χ3v) is 2.85. The normalized spacial score (nSPS) is 33.2. The van der Waals surface area contributed by atoms with Crippen LogP contribution in [0.25, 0.3) is 0 Å². The highest BCUT2D eigenvalue weighted by molar-refractivity contribution is 7.80. The van der Waals surface area contributed by atoms with E-state index in [4.69, 9.17) is 4.74 Å². The molecule has 0 aliphatic carbocycles. The molecule has 1 saturated heterocycles. The molecule has 1 N–H and O–H groups in total. The SMILES string of the molecule is CCOC1CNCC(C(C)S)C1. The Bertz CT molecular complexity index is 128. The molecule has 0 aromatic heterocycles. The largest absolute Gasteiger partial charge is 0.377 e. The van der Waals surface area contributed by atoms with Gasteiger partial charge in [-0.2, -0.15) is 12.6 Å². The summed E-state index contributed by atoms with van der Waals surface area (Å²) in [6.07, 6.45) is 1.56. The summed E-state index contributed by atoms with van der Waals surface area (Å²) in [5, 5.41) is 3.85. The van der Waals surface area contributed by atoms with Crippen LogP contribution in [-0.4, -0.2) is 31.1 Å². The second kappa shape index (κ2) is 5.10. The molecule has 12 heavy (non-hydrogen) atoms. The number of rotatable bonds is 3. The van der Waals surface area contributed by atoms with Crippen LogP contribution in [0.3, 0.4) is 0 Å². The first kappa shape index (κ1) is 10.4. The van der Waals surface area contributed by atoms with Crippen LogP contribution < -0.4 is 5.32 Å². The lowest BCUT2D eigenvalue weighted by Gasteiger charge is -2.31. The zero-order chi connectivity index (χ0) is 8.97. The lowest BCUT2D eigenvalue weighted by atomic mass is 9.95. The molecule has 3 heteroatoms. The first-order valence-electron chi connectivity index (χ1n) is 4.74. The molecule has 0 amide bonds. The fourth-order valence-electron chi connectivity index (χ4n) is 1.66. The van der Waals surface area contributed by atoms with Gasteiger partial charge in [0.05, 0.1) is 6.10 Å². The minimum absolute atomic E-state index is 0.406. The van der Waals surface area contributed by atoms with Gasteiger partial charge in [-0.25, -0.2) is 0 Å².